The van der Waals surface area contributed by atoms with Crippen molar-refractivity contribution >= 4 is 11.8 Å². The van der Waals surface area contributed by atoms with E-state index in [1.165, 1.54) is 0 Å². The molecule has 0 radical (unpaired) electrons. The minimum atomic E-state index is -0.245. The van der Waals surface area contributed by atoms with Gasteiger partial charge >= 0.3 is 0 Å². The number of carbonyl (C=O) groups is 2. The summed E-state index contributed by atoms with van der Waals surface area (Å²) in [6, 6.07) is 4.19. The maximum Gasteiger partial charge on any atom is 0.255 e. The molecule has 1 saturated heterocycles. The molecule has 3 N–H and O–H groups in total. The van der Waals surface area contributed by atoms with Gasteiger partial charge in [0.05, 0.1) is 5.56 Å². The number of likely N-dealkylation sites (tertiary alicyclic amines) is 1. The molecule has 2 rings (SSSR count). The van der Waals surface area contributed by atoms with Crippen molar-refractivity contribution in [2.45, 2.75) is 70.9 Å². The Balaban J connectivity index is 2.08. The molecule has 0 saturated carbocycles. The number of likely N-dealkylation sites (N-methyl/N-ethyl adjacent to an activating group) is 1. The Morgan fingerprint density at radius 3 is 2.36 bits per heavy atom. The third kappa shape index (κ3) is 5.04. The zero-order valence-electron chi connectivity index (χ0n) is 18.0. The second-order valence-electron chi connectivity index (χ2n) is 8.45. The number of carbonyl (C=O) groups excluding carboxylic acids is 2. The number of hydrogen-bond donors (Lipinski definition) is 3. The van der Waals surface area contributed by atoms with Gasteiger partial charge in [0.1, 0.15) is 5.75 Å². The fourth-order valence-corrected chi connectivity index (χ4v) is 3.83. The first-order chi connectivity index (χ1) is 13.1. The van der Waals surface area contributed by atoms with Crippen LogP contribution in [0.5, 0.6) is 5.75 Å². The highest BCUT2D eigenvalue weighted by Gasteiger charge is 2.32. The highest BCUT2D eigenvalue weighted by molar-refractivity contribution is 5.97. The van der Waals surface area contributed by atoms with E-state index < -0.39 is 0 Å². The predicted octanol–water partition coefficient (Wildman–Crippen LogP) is 2.97. The molecule has 0 aliphatic carbocycles. The highest BCUT2D eigenvalue weighted by Crippen LogP contribution is 2.33. The molecule has 0 unspecified atom stereocenters. The molecule has 1 aromatic carbocycles. The molecular formula is C22H35N3O3. The molecule has 1 aliphatic rings. The first kappa shape index (κ1) is 22.2. The minimum absolute atomic E-state index is 0.0400. The first-order valence-corrected chi connectivity index (χ1v) is 10.2. The second kappa shape index (κ2) is 9.41. The van der Waals surface area contributed by atoms with Crippen LogP contribution in [0.1, 0.15) is 80.3 Å². The van der Waals surface area contributed by atoms with E-state index in [9.17, 15) is 14.7 Å². The third-order valence-electron chi connectivity index (χ3n) is 5.88. The van der Waals surface area contributed by atoms with Gasteiger partial charge in [0.25, 0.3) is 5.91 Å². The van der Waals surface area contributed by atoms with Crippen LogP contribution < -0.4 is 10.6 Å². The average Bonchev–Trinajstić information content (AvgIpc) is 2.98. The van der Waals surface area contributed by atoms with Crippen molar-refractivity contribution < 1.29 is 14.7 Å². The van der Waals surface area contributed by atoms with Crippen molar-refractivity contribution in [2.24, 2.45) is 0 Å². The van der Waals surface area contributed by atoms with Crippen LogP contribution in [0.2, 0.25) is 0 Å². The van der Waals surface area contributed by atoms with Crippen molar-refractivity contribution in [1.29, 1.82) is 0 Å². The van der Waals surface area contributed by atoms with Crippen LogP contribution in [0.4, 0.5) is 0 Å². The van der Waals surface area contributed by atoms with Gasteiger partial charge in [-0.1, -0.05) is 33.8 Å². The van der Waals surface area contributed by atoms with Crippen LogP contribution >= 0.6 is 0 Å². The molecule has 0 bridgehead atoms. The number of hydrogen-bond acceptors (Lipinski definition) is 4. The Morgan fingerprint density at radius 2 is 1.79 bits per heavy atom. The van der Waals surface area contributed by atoms with E-state index in [0.29, 0.717) is 18.5 Å². The highest BCUT2D eigenvalue weighted by atomic mass is 16.3. The number of rotatable bonds is 7. The largest absolute Gasteiger partial charge is 0.507 e. The number of benzene rings is 1. The summed E-state index contributed by atoms with van der Waals surface area (Å²) in [6.45, 7) is 8.69. The van der Waals surface area contributed by atoms with Crippen LogP contribution in [-0.4, -0.2) is 54.5 Å². The summed E-state index contributed by atoms with van der Waals surface area (Å²) in [5.41, 5.74) is 2.20. The summed E-state index contributed by atoms with van der Waals surface area (Å²) in [4.78, 5) is 26.7. The third-order valence-corrected chi connectivity index (χ3v) is 5.88. The van der Waals surface area contributed by atoms with Gasteiger partial charge < -0.3 is 15.7 Å². The number of phenols is 1. The van der Waals surface area contributed by atoms with Crippen molar-refractivity contribution in [3.63, 3.8) is 0 Å². The molecular weight excluding hydrogens is 354 g/mol. The molecule has 1 heterocycles. The lowest BCUT2D eigenvalue weighted by atomic mass is 9.91. The molecule has 6 nitrogen and oxygen atoms in total. The predicted molar refractivity (Wildman–Crippen MR) is 112 cm³/mol. The lowest BCUT2D eigenvalue weighted by Gasteiger charge is -2.25. The zero-order chi connectivity index (χ0) is 21.0. The SMILES string of the molecule is CNC(=O)C[C@H]1CC[C@@H](CNC(=O)c2cc(C(C)C)cc(C(C)C)c2O)N1C. The van der Waals surface area contributed by atoms with E-state index in [4.69, 9.17) is 0 Å². The normalized spacial score (nSPS) is 20.0. The van der Waals surface area contributed by atoms with Crippen molar-refractivity contribution in [3.8, 4) is 5.75 Å². The van der Waals surface area contributed by atoms with Gasteiger partial charge in [-0.15, -0.1) is 0 Å². The van der Waals surface area contributed by atoms with Crippen LogP contribution in [0.3, 0.4) is 0 Å². The first-order valence-electron chi connectivity index (χ1n) is 10.2. The molecule has 6 heteroatoms. The quantitative estimate of drug-likeness (QED) is 0.670. The van der Waals surface area contributed by atoms with Crippen molar-refractivity contribution in [1.82, 2.24) is 15.5 Å². The maximum absolute atomic E-state index is 12.8. The van der Waals surface area contributed by atoms with Crippen LogP contribution in [0.25, 0.3) is 0 Å². The molecule has 2 atom stereocenters. The van der Waals surface area contributed by atoms with Gasteiger partial charge in [-0.3, -0.25) is 14.5 Å². The Hall–Kier alpha value is -2.08. The van der Waals surface area contributed by atoms with Crippen LogP contribution in [-0.2, 0) is 4.79 Å². The molecule has 0 aromatic heterocycles. The number of nitrogens with zero attached hydrogens (tertiary/aromatic N) is 1. The van der Waals surface area contributed by atoms with E-state index in [2.05, 4.69) is 29.4 Å². The standard InChI is InChI=1S/C22H35N3O3/c1-13(2)15-9-18(14(3)4)21(27)19(10-15)22(28)24-12-17-8-7-16(25(17)6)11-20(26)23-5/h9-10,13-14,16-17,27H,7-8,11-12H2,1-6H3,(H,23,26)(H,24,28)/t16-,17+/m1/s1. The molecule has 1 aliphatic heterocycles. The topological polar surface area (TPSA) is 81.7 Å². The molecule has 2 amide bonds. The molecule has 1 aromatic rings. The lowest BCUT2D eigenvalue weighted by molar-refractivity contribution is -0.121. The van der Waals surface area contributed by atoms with Gasteiger partial charge in [-0.2, -0.15) is 0 Å². The van der Waals surface area contributed by atoms with Gasteiger partial charge in [-0.25, -0.2) is 0 Å². The number of amides is 2. The van der Waals surface area contributed by atoms with E-state index in [-0.39, 0.29) is 41.5 Å². The van der Waals surface area contributed by atoms with E-state index in [1.807, 2.05) is 27.0 Å². The smallest absolute Gasteiger partial charge is 0.255 e. The summed E-state index contributed by atoms with van der Waals surface area (Å²) in [7, 11) is 3.66. The number of phenolic OH excluding ortho intramolecular Hbond substituents is 1. The fourth-order valence-electron chi connectivity index (χ4n) is 3.83. The Kier molecular flexibility index (Phi) is 7.47. The molecule has 0 spiro atoms. The van der Waals surface area contributed by atoms with Crippen LogP contribution in [0, 0.1) is 0 Å². The maximum atomic E-state index is 12.8. The second-order valence-corrected chi connectivity index (χ2v) is 8.45. The molecule has 1 fully saturated rings. The Morgan fingerprint density at radius 1 is 1.14 bits per heavy atom. The van der Waals surface area contributed by atoms with E-state index in [1.54, 1.807) is 13.1 Å². The fraction of sp³-hybridized carbons (Fsp3) is 0.636. The summed E-state index contributed by atoms with van der Waals surface area (Å²) < 4.78 is 0. The van der Waals surface area contributed by atoms with Crippen molar-refractivity contribution in [3.05, 3.63) is 28.8 Å². The summed E-state index contributed by atoms with van der Waals surface area (Å²) in [6.07, 6.45) is 2.36. The molecule has 156 valence electrons. The van der Waals surface area contributed by atoms with Gasteiger partial charge in [0, 0.05) is 32.1 Å². The monoisotopic (exact) mass is 389 g/mol. The summed E-state index contributed by atoms with van der Waals surface area (Å²) in [5.74, 6) is 0.283. The lowest BCUT2D eigenvalue weighted by Crippen LogP contribution is -2.42. The zero-order valence-corrected chi connectivity index (χ0v) is 18.0. The molecule has 28 heavy (non-hydrogen) atoms. The Labute approximate surface area is 168 Å². The summed E-state index contributed by atoms with van der Waals surface area (Å²) in [5, 5.41) is 16.3. The van der Waals surface area contributed by atoms with Crippen molar-refractivity contribution in [2.75, 3.05) is 20.6 Å². The van der Waals surface area contributed by atoms with Gasteiger partial charge in [-0.05, 0) is 48.9 Å². The van der Waals surface area contributed by atoms with E-state index in [0.717, 1.165) is 24.0 Å². The van der Waals surface area contributed by atoms with E-state index >= 15 is 0 Å². The number of aromatic hydroxyl groups is 1. The Bertz CT molecular complexity index is 715. The average molecular weight is 390 g/mol. The van der Waals surface area contributed by atoms with Gasteiger partial charge in [0.15, 0.2) is 0 Å². The van der Waals surface area contributed by atoms with Gasteiger partial charge in [0.2, 0.25) is 5.91 Å². The minimum Gasteiger partial charge on any atom is -0.507 e. The summed E-state index contributed by atoms with van der Waals surface area (Å²) >= 11 is 0. The van der Waals surface area contributed by atoms with Crippen LogP contribution in [0.15, 0.2) is 12.1 Å². The number of nitrogens with one attached hydrogen (secondary N) is 2.